The quantitative estimate of drug-likeness (QED) is 0.728. The van der Waals surface area contributed by atoms with Crippen LogP contribution in [-0.4, -0.2) is 18.1 Å². The van der Waals surface area contributed by atoms with Crippen molar-refractivity contribution in [2.24, 2.45) is 5.92 Å². The maximum atomic E-state index is 8.74. The molecule has 0 aliphatic rings. The van der Waals surface area contributed by atoms with Crippen molar-refractivity contribution in [2.45, 2.75) is 13.8 Å². The predicted octanol–water partition coefficient (Wildman–Crippen LogP) is 2.07. The van der Waals surface area contributed by atoms with Crippen LogP contribution in [0.2, 0.25) is 0 Å². The Kier molecular flexibility index (Phi) is 3.93. The molecule has 0 aliphatic carbocycles. The Morgan fingerprint density at radius 3 is 2.64 bits per heavy atom. The molecular formula is C11H15N3. The second kappa shape index (κ2) is 5.23. The van der Waals surface area contributed by atoms with E-state index < -0.39 is 0 Å². The van der Waals surface area contributed by atoms with Crippen LogP contribution in [0.3, 0.4) is 0 Å². The van der Waals surface area contributed by atoms with Gasteiger partial charge in [0.05, 0.1) is 12.0 Å². The van der Waals surface area contributed by atoms with Gasteiger partial charge in [0.2, 0.25) is 0 Å². The molecule has 0 saturated heterocycles. The number of pyridine rings is 1. The number of hydrogen-bond donors (Lipinski definition) is 0. The lowest BCUT2D eigenvalue weighted by molar-refractivity contribution is 0.686. The highest BCUT2D eigenvalue weighted by molar-refractivity contribution is 5.44. The van der Waals surface area contributed by atoms with Crippen molar-refractivity contribution in [3.05, 3.63) is 24.5 Å². The molecule has 1 aromatic rings. The molecule has 0 N–H and O–H groups in total. The topological polar surface area (TPSA) is 39.9 Å². The third kappa shape index (κ3) is 2.74. The summed E-state index contributed by atoms with van der Waals surface area (Å²) in [5.41, 5.74) is 1.13. The lowest BCUT2D eigenvalue weighted by Crippen LogP contribution is -2.27. The molecule has 1 aromatic heterocycles. The average molecular weight is 189 g/mol. The van der Waals surface area contributed by atoms with E-state index >= 15 is 0 Å². The first-order chi connectivity index (χ1) is 6.77. The molecule has 0 fully saturated rings. The van der Waals surface area contributed by atoms with Crippen LogP contribution in [-0.2, 0) is 0 Å². The van der Waals surface area contributed by atoms with Gasteiger partial charge in [-0.15, -0.1) is 0 Å². The molecule has 0 amide bonds. The van der Waals surface area contributed by atoms with E-state index in [1.165, 1.54) is 0 Å². The molecule has 3 heteroatoms. The molecule has 0 aliphatic heterocycles. The van der Waals surface area contributed by atoms with Gasteiger partial charge in [-0.05, 0) is 26.0 Å². The lowest BCUT2D eigenvalue weighted by Gasteiger charge is -2.23. The largest absolute Gasteiger partial charge is 0.370 e. The molecule has 74 valence electrons. The number of hydrogen-bond acceptors (Lipinski definition) is 3. The van der Waals surface area contributed by atoms with E-state index in [1.54, 1.807) is 12.4 Å². The molecule has 1 atom stereocenters. The van der Waals surface area contributed by atoms with E-state index in [1.807, 2.05) is 19.1 Å². The highest BCUT2D eigenvalue weighted by Crippen LogP contribution is 2.13. The molecule has 1 rings (SSSR count). The Labute approximate surface area is 85.0 Å². The van der Waals surface area contributed by atoms with Gasteiger partial charge in [0.1, 0.15) is 0 Å². The van der Waals surface area contributed by atoms with E-state index in [4.69, 9.17) is 5.26 Å². The first kappa shape index (κ1) is 10.5. The van der Waals surface area contributed by atoms with Gasteiger partial charge in [-0.3, -0.25) is 4.98 Å². The molecule has 0 spiro atoms. The highest BCUT2D eigenvalue weighted by Gasteiger charge is 2.07. The van der Waals surface area contributed by atoms with Crippen LogP contribution in [0, 0.1) is 17.2 Å². The number of nitrogens with zero attached hydrogens (tertiary/aromatic N) is 3. The van der Waals surface area contributed by atoms with Crippen LogP contribution >= 0.6 is 0 Å². The van der Waals surface area contributed by atoms with Crippen LogP contribution < -0.4 is 4.90 Å². The first-order valence-corrected chi connectivity index (χ1v) is 4.82. The third-order valence-corrected chi connectivity index (χ3v) is 2.12. The number of rotatable bonds is 4. The summed E-state index contributed by atoms with van der Waals surface area (Å²) in [6, 6.07) is 6.17. The summed E-state index contributed by atoms with van der Waals surface area (Å²) in [4.78, 5) is 6.15. The third-order valence-electron chi connectivity index (χ3n) is 2.12. The Morgan fingerprint density at radius 1 is 1.50 bits per heavy atom. The number of aromatic nitrogens is 1. The zero-order valence-electron chi connectivity index (χ0n) is 8.64. The molecule has 0 radical (unpaired) electrons. The van der Waals surface area contributed by atoms with Crippen molar-refractivity contribution < 1.29 is 0 Å². The highest BCUT2D eigenvalue weighted by atomic mass is 15.1. The zero-order chi connectivity index (χ0) is 10.4. The number of nitriles is 1. The minimum Gasteiger partial charge on any atom is -0.370 e. The van der Waals surface area contributed by atoms with Crippen LogP contribution in [0.25, 0.3) is 0 Å². The Hall–Kier alpha value is -1.56. The molecule has 1 heterocycles. The molecule has 14 heavy (non-hydrogen) atoms. The van der Waals surface area contributed by atoms with Gasteiger partial charge in [-0.2, -0.15) is 5.26 Å². The first-order valence-electron chi connectivity index (χ1n) is 4.82. The molecule has 1 unspecified atom stereocenters. The van der Waals surface area contributed by atoms with Gasteiger partial charge in [0, 0.05) is 31.2 Å². The van der Waals surface area contributed by atoms with Crippen LogP contribution in [0.1, 0.15) is 13.8 Å². The molecule has 0 bridgehead atoms. The standard InChI is InChI=1S/C11H15N3/c1-3-14(9-10(2)8-12)11-4-6-13-7-5-11/h4-7,10H,3,9H2,1-2H3. The van der Waals surface area contributed by atoms with Crippen LogP contribution in [0.15, 0.2) is 24.5 Å². The normalized spacial score (nSPS) is 11.8. The van der Waals surface area contributed by atoms with E-state index in [0.29, 0.717) is 0 Å². The van der Waals surface area contributed by atoms with Crippen molar-refractivity contribution >= 4 is 5.69 Å². The summed E-state index contributed by atoms with van der Waals surface area (Å²) in [5, 5.41) is 8.74. The fourth-order valence-corrected chi connectivity index (χ4v) is 1.34. The van der Waals surface area contributed by atoms with Gasteiger partial charge in [-0.1, -0.05) is 0 Å². The summed E-state index contributed by atoms with van der Waals surface area (Å²) in [6.07, 6.45) is 3.55. The summed E-state index contributed by atoms with van der Waals surface area (Å²) in [7, 11) is 0. The maximum Gasteiger partial charge on any atom is 0.0671 e. The molecule has 0 aromatic carbocycles. The van der Waals surface area contributed by atoms with Gasteiger partial charge in [-0.25, -0.2) is 0 Å². The van der Waals surface area contributed by atoms with Crippen molar-refractivity contribution in [2.75, 3.05) is 18.0 Å². The average Bonchev–Trinajstić information content (AvgIpc) is 2.26. The van der Waals surface area contributed by atoms with E-state index in [9.17, 15) is 0 Å². The summed E-state index contributed by atoms with van der Waals surface area (Å²) in [6.45, 7) is 5.71. The van der Waals surface area contributed by atoms with Crippen molar-refractivity contribution in [3.63, 3.8) is 0 Å². The Bertz CT molecular complexity index is 302. The Morgan fingerprint density at radius 2 is 2.14 bits per heavy atom. The summed E-state index contributed by atoms with van der Waals surface area (Å²) in [5.74, 6) is 0.0584. The minimum absolute atomic E-state index is 0.0584. The number of anilines is 1. The molecule has 3 nitrogen and oxygen atoms in total. The van der Waals surface area contributed by atoms with E-state index in [-0.39, 0.29) is 5.92 Å². The maximum absolute atomic E-state index is 8.74. The minimum atomic E-state index is 0.0584. The second-order valence-corrected chi connectivity index (χ2v) is 3.27. The molecular weight excluding hydrogens is 174 g/mol. The predicted molar refractivity (Wildman–Crippen MR) is 56.9 cm³/mol. The van der Waals surface area contributed by atoms with Gasteiger partial charge in [0.25, 0.3) is 0 Å². The lowest BCUT2D eigenvalue weighted by atomic mass is 10.2. The SMILES string of the molecule is CCN(CC(C)C#N)c1ccncc1. The fraction of sp³-hybridized carbons (Fsp3) is 0.455. The fourth-order valence-electron chi connectivity index (χ4n) is 1.34. The van der Waals surface area contributed by atoms with Crippen molar-refractivity contribution in [1.82, 2.24) is 4.98 Å². The summed E-state index contributed by atoms with van der Waals surface area (Å²) < 4.78 is 0. The summed E-state index contributed by atoms with van der Waals surface area (Å²) >= 11 is 0. The monoisotopic (exact) mass is 189 g/mol. The smallest absolute Gasteiger partial charge is 0.0671 e. The Balaban J connectivity index is 2.69. The van der Waals surface area contributed by atoms with Crippen molar-refractivity contribution in [3.8, 4) is 6.07 Å². The molecule has 0 saturated carbocycles. The second-order valence-electron chi connectivity index (χ2n) is 3.27. The van der Waals surface area contributed by atoms with Crippen molar-refractivity contribution in [1.29, 1.82) is 5.26 Å². The van der Waals surface area contributed by atoms with Crippen LogP contribution in [0.4, 0.5) is 5.69 Å². The van der Waals surface area contributed by atoms with Crippen LogP contribution in [0.5, 0.6) is 0 Å². The zero-order valence-corrected chi connectivity index (χ0v) is 8.64. The van der Waals surface area contributed by atoms with E-state index in [0.717, 1.165) is 18.8 Å². The van der Waals surface area contributed by atoms with Gasteiger partial charge < -0.3 is 4.90 Å². The van der Waals surface area contributed by atoms with E-state index in [2.05, 4.69) is 22.9 Å². The van der Waals surface area contributed by atoms with Gasteiger partial charge in [0.15, 0.2) is 0 Å². The van der Waals surface area contributed by atoms with Gasteiger partial charge >= 0.3 is 0 Å².